The maximum atomic E-state index is 6.64. The fourth-order valence-electron chi connectivity index (χ4n) is 0.0685. The van der Waals surface area contributed by atoms with Crippen LogP contribution in [0.15, 0.2) is 4.52 Å². The van der Waals surface area contributed by atoms with Gasteiger partial charge in [0, 0.05) is 11.9 Å². The molecule has 0 atom stereocenters. The van der Waals surface area contributed by atoms with E-state index >= 15 is 0 Å². The molecule has 0 fully saturated rings. The van der Waals surface area contributed by atoms with Crippen LogP contribution in [0.3, 0.4) is 0 Å². The summed E-state index contributed by atoms with van der Waals surface area (Å²) in [5, 5.41) is 7.00. The van der Waals surface area contributed by atoms with E-state index in [1.54, 1.807) is 6.92 Å². The van der Waals surface area contributed by atoms with E-state index in [1.165, 1.54) is 0 Å². The van der Waals surface area contributed by atoms with E-state index < -0.39 is 0 Å². The lowest BCUT2D eigenvalue weighted by molar-refractivity contribution is 1.26. The van der Waals surface area contributed by atoms with Crippen molar-refractivity contribution in [3.05, 3.63) is 0 Å². The molecule has 2 N–H and O–H groups in total. The Kier molecular flexibility index (Phi) is 2.66. The number of nitrogens with zero attached hydrogens (tertiary/aromatic N) is 1. The van der Waals surface area contributed by atoms with Crippen molar-refractivity contribution in [2.24, 2.45) is 4.52 Å². The SMILES string of the molecule is CC(=N)SN=N. The minimum absolute atomic E-state index is 0.352. The monoisotopic (exact) mass is 103 g/mol. The van der Waals surface area contributed by atoms with Crippen LogP contribution in [0, 0.1) is 10.9 Å². The minimum atomic E-state index is 0.352. The highest BCUT2D eigenvalue weighted by atomic mass is 32.2. The maximum Gasteiger partial charge on any atom is 0.0856 e. The van der Waals surface area contributed by atoms with Crippen LogP contribution in [0.2, 0.25) is 0 Å². The number of hydrogen-bond acceptors (Lipinski definition) is 4. The van der Waals surface area contributed by atoms with Gasteiger partial charge in [-0.3, -0.25) is 5.41 Å². The summed E-state index contributed by atoms with van der Waals surface area (Å²) in [7, 11) is 0. The molecule has 3 nitrogen and oxygen atoms in total. The Morgan fingerprint density at radius 1 is 1.83 bits per heavy atom. The van der Waals surface area contributed by atoms with Crippen LogP contribution < -0.4 is 0 Å². The molecular formula is C2H5N3S. The van der Waals surface area contributed by atoms with E-state index in [9.17, 15) is 0 Å². The third-order valence-corrected chi connectivity index (χ3v) is 0.548. The van der Waals surface area contributed by atoms with Gasteiger partial charge in [0.1, 0.15) is 0 Å². The highest BCUT2D eigenvalue weighted by Gasteiger charge is 1.78. The third kappa shape index (κ3) is 3.62. The molecule has 0 rings (SSSR count). The molecule has 0 saturated carbocycles. The zero-order valence-corrected chi connectivity index (χ0v) is 4.17. The van der Waals surface area contributed by atoms with Gasteiger partial charge in [-0.05, 0) is 6.92 Å². The Morgan fingerprint density at radius 3 is 2.33 bits per heavy atom. The molecule has 0 aromatic carbocycles. The molecule has 0 aliphatic carbocycles. The lowest BCUT2D eigenvalue weighted by Crippen LogP contribution is -1.69. The Balaban J connectivity index is 3.05. The van der Waals surface area contributed by atoms with E-state index in [0.717, 1.165) is 11.9 Å². The number of hydrogen-bond donors (Lipinski definition) is 2. The second-order valence-electron chi connectivity index (χ2n) is 0.739. The number of nitrogens with one attached hydrogen (secondary N) is 2. The average Bonchev–Trinajstić information content (AvgIpc) is 1.35. The Bertz CT molecular complexity index is 69.2. The maximum absolute atomic E-state index is 6.64. The Hall–Kier alpha value is -0.380. The van der Waals surface area contributed by atoms with Crippen LogP contribution in [-0.4, -0.2) is 5.04 Å². The van der Waals surface area contributed by atoms with E-state index in [2.05, 4.69) is 4.52 Å². The summed E-state index contributed by atoms with van der Waals surface area (Å²) in [4.78, 5) is 0. The standard InChI is InChI=1S/C2H5N3S/c1-2(3)6-5-4/h3-4H,1H3. The molecule has 0 radical (unpaired) electrons. The van der Waals surface area contributed by atoms with Crippen LogP contribution in [-0.2, 0) is 0 Å². The molecule has 4 heteroatoms. The van der Waals surface area contributed by atoms with Gasteiger partial charge >= 0.3 is 0 Å². The van der Waals surface area contributed by atoms with Crippen LogP contribution in [0.5, 0.6) is 0 Å². The van der Waals surface area contributed by atoms with Gasteiger partial charge in [0.15, 0.2) is 0 Å². The van der Waals surface area contributed by atoms with Gasteiger partial charge in [-0.1, -0.05) is 0 Å². The molecule has 0 amide bonds. The topological polar surface area (TPSA) is 60.1 Å². The van der Waals surface area contributed by atoms with Gasteiger partial charge in [-0.2, -0.15) is 5.53 Å². The molecule has 0 aliphatic heterocycles. The van der Waals surface area contributed by atoms with Gasteiger partial charge in [-0.15, -0.1) is 4.52 Å². The molecule has 0 aliphatic rings. The van der Waals surface area contributed by atoms with Crippen LogP contribution in [0.1, 0.15) is 6.92 Å². The summed E-state index contributed by atoms with van der Waals surface area (Å²) in [5.74, 6) is 0. The van der Waals surface area contributed by atoms with Crippen molar-refractivity contribution in [2.75, 3.05) is 0 Å². The van der Waals surface area contributed by atoms with Crippen LogP contribution in [0.25, 0.3) is 0 Å². The van der Waals surface area contributed by atoms with Crippen molar-refractivity contribution in [1.29, 1.82) is 10.9 Å². The second kappa shape index (κ2) is 2.84. The first-order valence-electron chi connectivity index (χ1n) is 1.36. The molecule has 6 heavy (non-hydrogen) atoms. The smallest absolute Gasteiger partial charge is 0.0856 e. The normalized spacial score (nSPS) is 7.50. The quantitative estimate of drug-likeness (QED) is 0.225. The van der Waals surface area contributed by atoms with E-state index in [0.29, 0.717) is 5.04 Å². The zero-order valence-electron chi connectivity index (χ0n) is 3.36. The van der Waals surface area contributed by atoms with Crippen LogP contribution in [0.4, 0.5) is 0 Å². The molecular weight excluding hydrogens is 98.1 g/mol. The molecule has 0 unspecified atom stereocenters. The summed E-state index contributed by atoms with van der Waals surface area (Å²) in [5.41, 5.74) is 6.18. The summed E-state index contributed by atoms with van der Waals surface area (Å²) >= 11 is 0.861. The fraction of sp³-hybridized carbons (Fsp3) is 0.500. The first kappa shape index (κ1) is 5.62. The van der Waals surface area contributed by atoms with Crippen molar-refractivity contribution >= 4 is 17.0 Å². The highest BCUT2D eigenvalue weighted by Crippen LogP contribution is 1.99. The van der Waals surface area contributed by atoms with Gasteiger partial charge < -0.3 is 0 Å². The average molecular weight is 103 g/mol. The molecule has 0 spiro atoms. The number of rotatable bonds is 1. The van der Waals surface area contributed by atoms with Gasteiger partial charge in [0.25, 0.3) is 0 Å². The summed E-state index contributed by atoms with van der Waals surface area (Å²) in [6.45, 7) is 1.59. The lowest BCUT2D eigenvalue weighted by Gasteiger charge is -1.77. The summed E-state index contributed by atoms with van der Waals surface area (Å²) in [6.07, 6.45) is 0. The van der Waals surface area contributed by atoms with Crippen molar-refractivity contribution in [3.8, 4) is 0 Å². The molecule has 0 aromatic heterocycles. The second-order valence-corrected chi connectivity index (χ2v) is 1.72. The first-order valence-corrected chi connectivity index (χ1v) is 2.13. The van der Waals surface area contributed by atoms with E-state index in [1.807, 2.05) is 0 Å². The molecule has 0 heterocycles. The van der Waals surface area contributed by atoms with Gasteiger partial charge in [0.05, 0.1) is 5.04 Å². The summed E-state index contributed by atoms with van der Waals surface area (Å²) in [6, 6.07) is 0. The van der Waals surface area contributed by atoms with Crippen molar-refractivity contribution < 1.29 is 0 Å². The zero-order chi connectivity index (χ0) is 4.99. The van der Waals surface area contributed by atoms with Gasteiger partial charge in [-0.25, -0.2) is 0 Å². The van der Waals surface area contributed by atoms with Crippen molar-refractivity contribution in [3.63, 3.8) is 0 Å². The van der Waals surface area contributed by atoms with E-state index in [-0.39, 0.29) is 0 Å². The highest BCUT2D eigenvalue weighted by molar-refractivity contribution is 8.12. The van der Waals surface area contributed by atoms with Crippen molar-refractivity contribution in [2.45, 2.75) is 6.92 Å². The molecule has 0 saturated heterocycles. The Morgan fingerprint density at radius 2 is 2.33 bits per heavy atom. The predicted molar refractivity (Wildman–Crippen MR) is 26.1 cm³/mol. The minimum Gasteiger partial charge on any atom is -0.297 e. The van der Waals surface area contributed by atoms with E-state index in [4.69, 9.17) is 10.9 Å². The lowest BCUT2D eigenvalue weighted by atomic mass is 10.9. The molecule has 34 valence electrons. The Labute approximate surface area is 40.3 Å². The first-order chi connectivity index (χ1) is 2.77. The van der Waals surface area contributed by atoms with Crippen LogP contribution >= 0.6 is 11.9 Å². The molecule has 0 aromatic rings. The third-order valence-electron chi connectivity index (χ3n) is 0.183. The van der Waals surface area contributed by atoms with Gasteiger partial charge in [0.2, 0.25) is 0 Å². The predicted octanol–water partition coefficient (Wildman–Crippen LogP) is 1.66. The summed E-state index contributed by atoms with van der Waals surface area (Å²) < 4.78 is 2.88. The fourth-order valence-corrected chi connectivity index (χ4v) is 0.205. The molecule has 0 bridgehead atoms. The van der Waals surface area contributed by atoms with Crippen molar-refractivity contribution in [1.82, 2.24) is 0 Å². The largest absolute Gasteiger partial charge is 0.297 e.